The molecular formula is C11H19NO. The number of hydrogen-bond acceptors (Lipinski definition) is 2. The second-order valence-electron chi connectivity index (χ2n) is 5.48. The standard InChI is InChI=1S/C11H19NO/c1-11(2)9(12-7-3-4-7)8-5-6-13-10(8)11/h7-10,12H,3-6H2,1-2H3. The molecule has 0 bridgehead atoms. The van der Waals surface area contributed by atoms with Crippen molar-refractivity contribution in [3.8, 4) is 0 Å². The van der Waals surface area contributed by atoms with Crippen LogP contribution in [0, 0.1) is 11.3 Å². The molecule has 3 rings (SSSR count). The van der Waals surface area contributed by atoms with Crippen molar-refractivity contribution < 1.29 is 4.74 Å². The minimum absolute atomic E-state index is 0.379. The fourth-order valence-corrected chi connectivity index (χ4v) is 3.17. The van der Waals surface area contributed by atoms with E-state index in [9.17, 15) is 0 Å². The lowest BCUT2D eigenvalue weighted by Crippen LogP contribution is -2.66. The molecule has 2 nitrogen and oxygen atoms in total. The van der Waals surface area contributed by atoms with Crippen LogP contribution < -0.4 is 5.32 Å². The number of hydrogen-bond donors (Lipinski definition) is 1. The van der Waals surface area contributed by atoms with E-state index in [2.05, 4.69) is 19.2 Å². The Morgan fingerprint density at radius 3 is 2.69 bits per heavy atom. The highest BCUT2D eigenvalue weighted by molar-refractivity contribution is 5.12. The fraction of sp³-hybridized carbons (Fsp3) is 1.00. The van der Waals surface area contributed by atoms with Gasteiger partial charge in [0.1, 0.15) is 0 Å². The highest BCUT2D eigenvalue weighted by Gasteiger charge is 2.59. The Labute approximate surface area is 80.0 Å². The number of nitrogens with one attached hydrogen (secondary N) is 1. The van der Waals surface area contributed by atoms with Gasteiger partial charge in [0.2, 0.25) is 0 Å². The van der Waals surface area contributed by atoms with Crippen LogP contribution in [-0.4, -0.2) is 24.8 Å². The third-order valence-corrected chi connectivity index (χ3v) is 4.09. The van der Waals surface area contributed by atoms with Gasteiger partial charge in [0.05, 0.1) is 6.10 Å². The Morgan fingerprint density at radius 2 is 2.00 bits per heavy atom. The van der Waals surface area contributed by atoms with E-state index >= 15 is 0 Å². The van der Waals surface area contributed by atoms with Crippen LogP contribution in [0.5, 0.6) is 0 Å². The fourth-order valence-electron chi connectivity index (χ4n) is 3.17. The largest absolute Gasteiger partial charge is 0.377 e. The van der Waals surface area contributed by atoms with Gasteiger partial charge in [-0.25, -0.2) is 0 Å². The predicted octanol–water partition coefficient (Wildman–Crippen LogP) is 1.55. The first kappa shape index (κ1) is 8.25. The molecule has 0 aromatic rings. The minimum Gasteiger partial charge on any atom is -0.377 e. The first-order chi connectivity index (χ1) is 6.19. The number of fused-ring (bicyclic) bond motifs is 1. The molecule has 2 aliphatic carbocycles. The van der Waals surface area contributed by atoms with Crippen molar-refractivity contribution in [2.45, 2.75) is 51.3 Å². The molecule has 0 aromatic heterocycles. The van der Waals surface area contributed by atoms with E-state index in [0.29, 0.717) is 11.5 Å². The van der Waals surface area contributed by atoms with Crippen molar-refractivity contribution in [2.75, 3.05) is 6.61 Å². The summed E-state index contributed by atoms with van der Waals surface area (Å²) in [7, 11) is 0. The zero-order valence-electron chi connectivity index (χ0n) is 8.55. The molecule has 3 unspecified atom stereocenters. The molecule has 0 amide bonds. The maximum absolute atomic E-state index is 5.76. The van der Waals surface area contributed by atoms with E-state index < -0.39 is 0 Å². The summed E-state index contributed by atoms with van der Waals surface area (Å²) in [6.45, 7) is 5.68. The molecule has 0 spiro atoms. The number of ether oxygens (including phenoxy) is 1. The molecule has 74 valence electrons. The van der Waals surface area contributed by atoms with Gasteiger partial charge in [0, 0.05) is 30.0 Å². The van der Waals surface area contributed by atoms with E-state index in [1.807, 2.05) is 0 Å². The lowest BCUT2D eigenvalue weighted by atomic mass is 9.57. The summed E-state index contributed by atoms with van der Waals surface area (Å²) in [4.78, 5) is 0. The Bertz CT molecular complexity index is 222. The summed E-state index contributed by atoms with van der Waals surface area (Å²) in [5.41, 5.74) is 0.379. The van der Waals surface area contributed by atoms with Crippen LogP contribution in [0.15, 0.2) is 0 Å². The monoisotopic (exact) mass is 181 g/mol. The molecule has 0 radical (unpaired) electrons. The summed E-state index contributed by atoms with van der Waals surface area (Å²) in [5.74, 6) is 0.815. The van der Waals surface area contributed by atoms with Gasteiger partial charge in [-0.3, -0.25) is 0 Å². The molecule has 2 heteroatoms. The molecule has 1 aliphatic heterocycles. The molecule has 1 saturated heterocycles. The topological polar surface area (TPSA) is 21.3 Å². The van der Waals surface area contributed by atoms with E-state index in [1.54, 1.807) is 0 Å². The summed E-state index contributed by atoms with van der Waals surface area (Å²) < 4.78 is 5.76. The van der Waals surface area contributed by atoms with Crippen LogP contribution in [0.25, 0.3) is 0 Å². The smallest absolute Gasteiger partial charge is 0.0685 e. The quantitative estimate of drug-likeness (QED) is 0.698. The van der Waals surface area contributed by atoms with Crippen molar-refractivity contribution in [3.63, 3.8) is 0 Å². The van der Waals surface area contributed by atoms with Crippen LogP contribution in [0.3, 0.4) is 0 Å². The van der Waals surface area contributed by atoms with Crippen LogP contribution in [0.1, 0.15) is 33.1 Å². The van der Waals surface area contributed by atoms with Gasteiger partial charge < -0.3 is 10.1 Å². The van der Waals surface area contributed by atoms with Gasteiger partial charge in [-0.05, 0) is 19.3 Å². The Kier molecular flexibility index (Phi) is 1.58. The van der Waals surface area contributed by atoms with E-state index in [4.69, 9.17) is 4.74 Å². The van der Waals surface area contributed by atoms with Gasteiger partial charge >= 0.3 is 0 Å². The van der Waals surface area contributed by atoms with Crippen molar-refractivity contribution in [1.29, 1.82) is 0 Å². The van der Waals surface area contributed by atoms with Gasteiger partial charge in [-0.2, -0.15) is 0 Å². The van der Waals surface area contributed by atoms with Crippen molar-refractivity contribution in [2.24, 2.45) is 11.3 Å². The lowest BCUT2D eigenvalue weighted by Gasteiger charge is -2.55. The van der Waals surface area contributed by atoms with E-state index in [1.165, 1.54) is 19.3 Å². The predicted molar refractivity (Wildman–Crippen MR) is 51.6 cm³/mol. The van der Waals surface area contributed by atoms with Crippen LogP contribution in [0.4, 0.5) is 0 Å². The lowest BCUT2D eigenvalue weighted by molar-refractivity contribution is -0.113. The zero-order chi connectivity index (χ0) is 9.05. The van der Waals surface area contributed by atoms with Crippen LogP contribution in [-0.2, 0) is 4.74 Å². The number of rotatable bonds is 2. The van der Waals surface area contributed by atoms with Gasteiger partial charge in [0.25, 0.3) is 0 Å². The summed E-state index contributed by atoms with van der Waals surface area (Å²) in [6.07, 6.45) is 4.61. The van der Waals surface area contributed by atoms with Gasteiger partial charge in [0.15, 0.2) is 0 Å². The Hall–Kier alpha value is -0.0800. The van der Waals surface area contributed by atoms with E-state index in [0.717, 1.165) is 24.6 Å². The molecule has 3 aliphatic rings. The molecule has 13 heavy (non-hydrogen) atoms. The molecule has 3 atom stereocenters. The molecule has 1 N–H and O–H groups in total. The molecule has 2 saturated carbocycles. The van der Waals surface area contributed by atoms with Crippen LogP contribution in [0.2, 0.25) is 0 Å². The SMILES string of the molecule is CC1(C)C(NC2CC2)C2CCOC21. The van der Waals surface area contributed by atoms with Crippen molar-refractivity contribution >= 4 is 0 Å². The highest BCUT2D eigenvalue weighted by Crippen LogP contribution is 2.52. The third-order valence-electron chi connectivity index (χ3n) is 4.09. The molecule has 1 heterocycles. The maximum atomic E-state index is 5.76. The second-order valence-corrected chi connectivity index (χ2v) is 5.48. The van der Waals surface area contributed by atoms with E-state index in [-0.39, 0.29) is 0 Å². The first-order valence-electron chi connectivity index (χ1n) is 5.57. The summed E-state index contributed by atoms with van der Waals surface area (Å²) in [6, 6.07) is 1.57. The Balaban J connectivity index is 1.71. The van der Waals surface area contributed by atoms with Gasteiger partial charge in [-0.15, -0.1) is 0 Å². The third kappa shape index (κ3) is 1.08. The molecular weight excluding hydrogens is 162 g/mol. The summed E-state index contributed by atoms with van der Waals surface area (Å²) in [5, 5.41) is 3.77. The minimum atomic E-state index is 0.379. The maximum Gasteiger partial charge on any atom is 0.0685 e. The van der Waals surface area contributed by atoms with Crippen molar-refractivity contribution in [1.82, 2.24) is 5.32 Å². The summed E-state index contributed by atoms with van der Waals surface area (Å²) >= 11 is 0. The highest BCUT2D eigenvalue weighted by atomic mass is 16.5. The van der Waals surface area contributed by atoms with Crippen LogP contribution >= 0.6 is 0 Å². The zero-order valence-corrected chi connectivity index (χ0v) is 8.55. The molecule has 3 fully saturated rings. The first-order valence-corrected chi connectivity index (χ1v) is 5.57. The second kappa shape index (κ2) is 2.48. The average Bonchev–Trinajstić information content (AvgIpc) is 2.79. The van der Waals surface area contributed by atoms with Crippen molar-refractivity contribution in [3.05, 3.63) is 0 Å². The normalized spacial score (nSPS) is 47.1. The Morgan fingerprint density at radius 1 is 1.23 bits per heavy atom. The van der Waals surface area contributed by atoms with Gasteiger partial charge in [-0.1, -0.05) is 13.8 Å². The average molecular weight is 181 g/mol. The molecule has 0 aromatic carbocycles.